The van der Waals surface area contributed by atoms with E-state index < -0.39 is 35.2 Å². The van der Waals surface area contributed by atoms with Gasteiger partial charge in [0.05, 0.1) is 18.1 Å². The van der Waals surface area contributed by atoms with Gasteiger partial charge in [-0.2, -0.15) is 13.2 Å². The van der Waals surface area contributed by atoms with E-state index in [1.54, 1.807) is 13.8 Å². The van der Waals surface area contributed by atoms with Crippen molar-refractivity contribution in [2.75, 3.05) is 0 Å². The van der Waals surface area contributed by atoms with Gasteiger partial charge in [0.1, 0.15) is 17.4 Å². The van der Waals surface area contributed by atoms with Crippen molar-refractivity contribution in [2.45, 2.75) is 26.1 Å². The molecule has 3 N–H and O–H groups in total. The molecule has 3 aromatic heterocycles. The highest BCUT2D eigenvalue weighted by molar-refractivity contribution is 5.96. The van der Waals surface area contributed by atoms with Crippen molar-refractivity contribution in [1.82, 2.24) is 14.7 Å². The van der Waals surface area contributed by atoms with Gasteiger partial charge in [0.25, 0.3) is 5.91 Å². The zero-order valence-electron chi connectivity index (χ0n) is 14.9. The van der Waals surface area contributed by atoms with Crippen molar-refractivity contribution in [2.24, 2.45) is 11.7 Å². The van der Waals surface area contributed by atoms with Crippen LogP contribution in [0.2, 0.25) is 0 Å². The van der Waals surface area contributed by atoms with E-state index in [1.807, 2.05) is 0 Å². The number of nitrogens with zero attached hydrogens (tertiary/aromatic N) is 2. The molecule has 0 bridgehead atoms. The number of nitrogens with two attached hydrogens (primary N) is 1. The van der Waals surface area contributed by atoms with E-state index >= 15 is 0 Å². The van der Waals surface area contributed by atoms with Crippen LogP contribution in [-0.4, -0.2) is 27.2 Å². The Morgan fingerprint density at radius 2 is 1.96 bits per heavy atom. The number of primary amides is 1. The maximum absolute atomic E-state index is 13.5. The normalized spacial score (nSPS) is 13.1. The summed E-state index contributed by atoms with van der Waals surface area (Å²) in [7, 11) is 0. The molecule has 0 aliphatic carbocycles. The second-order valence-corrected chi connectivity index (χ2v) is 6.61. The molecule has 28 heavy (non-hydrogen) atoms. The van der Waals surface area contributed by atoms with E-state index in [-0.39, 0.29) is 17.2 Å². The van der Waals surface area contributed by atoms with Gasteiger partial charge in [-0.3, -0.25) is 9.59 Å². The fourth-order valence-corrected chi connectivity index (χ4v) is 2.78. The van der Waals surface area contributed by atoms with E-state index in [0.717, 1.165) is 10.5 Å². The van der Waals surface area contributed by atoms with Crippen LogP contribution in [0.1, 0.15) is 29.9 Å². The van der Waals surface area contributed by atoms with Crippen molar-refractivity contribution in [1.29, 1.82) is 0 Å². The Bertz CT molecular complexity index is 1020. The molecule has 0 aliphatic heterocycles. The van der Waals surface area contributed by atoms with Crippen molar-refractivity contribution in [3.05, 3.63) is 48.3 Å². The molecule has 1 atom stereocenters. The lowest BCUT2D eigenvalue weighted by atomic mass is 10.0. The topological polar surface area (TPSA) is 103 Å². The Hall–Kier alpha value is -3.30. The SMILES string of the molecule is CC(C)C(NC(=O)c1cn2cc(-c3ccoc3)cc(C(F)(F)F)c2n1)C(N)=O. The molecule has 0 aliphatic rings. The van der Waals surface area contributed by atoms with Crippen molar-refractivity contribution in [3.8, 4) is 11.1 Å². The number of hydrogen-bond donors (Lipinski definition) is 2. The summed E-state index contributed by atoms with van der Waals surface area (Å²) in [6, 6.07) is 1.49. The number of imidazole rings is 1. The highest BCUT2D eigenvalue weighted by atomic mass is 19.4. The molecular weight excluding hydrogens is 377 g/mol. The average molecular weight is 394 g/mol. The summed E-state index contributed by atoms with van der Waals surface area (Å²) in [6.07, 6.45) is 0.546. The summed E-state index contributed by atoms with van der Waals surface area (Å²) in [5, 5.41) is 2.41. The first-order valence-electron chi connectivity index (χ1n) is 8.30. The van der Waals surface area contributed by atoms with Gasteiger partial charge in [0.2, 0.25) is 5.91 Å². The smallest absolute Gasteiger partial charge is 0.420 e. The third-order valence-corrected chi connectivity index (χ3v) is 4.20. The number of nitrogens with one attached hydrogen (secondary N) is 1. The third kappa shape index (κ3) is 3.71. The van der Waals surface area contributed by atoms with Gasteiger partial charge in [-0.1, -0.05) is 13.8 Å². The Balaban J connectivity index is 2.07. The van der Waals surface area contributed by atoms with Crippen LogP contribution in [0, 0.1) is 5.92 Å². The van der Waals surface area contributed by atoms with Gasteiger partial charge < -0.3 is 19.9 Å². The van der Waals surface area contributed by atoms with Gasteiger partial charge >= 0.3 is 6.18 Å². The number of fused-ring (bicyclic) bond motifs is 1. The highest BCUT2D eigenvalue weighted by Gasteiger charge is 2.35. The molecule has 0 radical (unpaired) electrons. The summed E-state index contributed by atoms with van der Waals surface area (Å²) in [4.78, 5) is 27.7. The van der Waals surface area contributed by atoms with Gasteiger partial charge in [-0.15, -0.1) is 0 Å². The van der Waals surface area contributed by atoms with Crippen molar-refractivity contribution >= 4 is 17.5 Å². The molecule has 10 heteroatoms. The monoisotopic (exact) mass is 394 g/mol. The second kappa shape index (κ2) is 7.02. The number of aromatic nitrogens is 2. The maximum Gasteiger partial charge on any atom is 0.420 e. The molecule has 2 amide bonds. The number of alkyl halides is 3. The number of furan rings is 1. The van der Waals surface area contributed by atoms with Crippen LogP contribution in [0.15, 0.2) is 41.5 Å². The van der Waals surface area contributed by atoms with Crippen LogP contribution in [0.3, 0.4) is 0 Å². The first-order valence-corrected chi connectivity index (χ1v) is 8.30. The van der Waals surface area contributed by atoms with Crippen LogP contribution in [0.4, 0.5) is 13.2 Å². The largest absolute Gasteiger partial charge is 0.472 e. The van der Waals surface area contributed by atoms with Gasteiger partial charge in [0, 0.05) is 23.5 Å². The molecule has 3 aromatic rings. The molecule has 0 aromatic carbocycles. The first-order chi connectivity index (χ1) is 13.1. The Labute approximate surface area is 157 Å². The summed E-state index contributed by atoms with van der Waals surface area (Å²) in [5.41, 5.74) is 4.26. The van der Waals surface area contributed by atoms with E-state index in [4.69, 9.17) is 10.2 Å². The van der Waals surface area contributed by atoms with Crippen LogP contribution < -0.4 is 11.1 Å². The van der Waals surface area contributed by atoms with Crippen molar-refractivity contribution < 1.29 is 27.2 Å². The molecule has 1 unspecified atom stereocenters. The Kier molecular flexibility index (Phi) is 4.88. The molecule has 3 heterocycles. The minimum absolute atomic E-state index is 0.245. The van der Waals surface area contributed by atoms with Gasteiger partial charge in [-0.25, -0.2) is 4.98 Å². The molecule has 0 fully saturated rings. The minimum Gasteiger partial charge on any atom is -0.472 e. The first kappa shape index (κ1) is 19.5. The van der Waals surface area contributed by atoms with Crippen LogP contribution in [0.5, 0.6) is 0 Å². The van der Waals surface area contributed by atoms with E-state index in [0.29, 0.717) is 5.56 Å². The van der Waals surface area contributed by atoms with E-state index in [9.17, 15) is 22.8 Å². The standard InChI is InChI=1S/C18H17F3N4O3/c1-9(2)14(15(22)26)24-17(27)13-7-25-6-11(10-3-4-28-8-10)5-12(16(25)23-13)18(19,20)21/h3-9,14H,1-2H3,(H2,22,26)(H,24,27). The summed E-state index contributed by atoms with van der Waals surface area (Å²) in [6.45, 7) is 3.36. The van der Waals surface area contributed by atoms with Crippen LogP contribution >= 0.6 is 0 Å². The maximum atomic E-state index is 13.5. The van der Waals surface area contributed by atoms with E-state index in [2.05, 4.69) is 10.3 Å². The minimum atomic E-state index is -4.69. The Morgan fingerprint density at radius 1 is 1.25 bits per heavy atom. The quantitative estimate of drug-likeness (QED) is 0.695. The number of carbonyl (C=O) groups excluding carboxylic acids is 2. The lowest BCUT2D eigenvalue weighted by Gasteiger charge is -2.17. The number of halogens is 3. The van der Waals surface area contributed by atoms with Crippen LogP contribution in [0.25, 0.3) is 16.8 Å². The van der Waals surface area contributed by atoms with E-state index in [1.165, 1.54) is 31.0 Å². The number of pyridine rings is 1. The molecule has 7 nitrogen and oxygen atoms in total. The lowest BCUT2D eigenvalue weighted by Crippen LogP contribution is -2.47. The number of hydrogen-bond acceptors (Lipinski definition) is 4. The second-order valence-electron chi connectivity index (χ2n) is 6.61. The predicted octanol–water partition coefficient (Wildman–Crippen LogP) is 2.85. The predicted molar refractivity (Wildman–Crippen MR) is 93.2 cm³/mol. The zero-order valence-corrected chi connectivity index (χ0v) is 14.9. The van der Waals surface area contributed by atoms with Gasteiger partial charge in [0.15, 0.2) is 0 Å². The Morgan fingerprint density at radius 3 is 2.50 bits per heavy atom. The molecule has 0 spiro atoms. The lowest BCUT2D eigenvalue weighted by molar-refractivity contribution is -0.136. The van der Waals surface area contributed by atoms with Crippen molar-refractivity contribution in [3.63, 3.8) is 0 Å². The number of rotatable bonds is 5. The summed E-state index contributed by atoms with van der Waals surface area (Å²) in [5.74, 6) is -1.83. The van der Waals surface area contributed by atoms with Crippen LogP contribution in [-0.2, 0) is 11.0 Å². The third-order valence-electron chi connectivity index (χ3n) is 4.20. The molecule has 0 saturated carbocycles. The average Bonchev–Trinajstić information content (AvgIpc) is 3.25. The number of carbonyl (C=O) groups is 2. The highest BCUT2D eigenvalue weighted by Crippen LogP contribution is 2.35. The fraction of sp³-hybridized carbons (Fsp3) is 0.278. The molecule has 0 saturated heterocycles. The molecule has 3 rings (SSSR count). The summed E-state index contributed by atoms with van der Waals surface area (Å²) >= 11 is 0. The summed E-state index contributed by atoms with van der Waals surface area (Å²) < 4.78 is 46.6. The molecule has 148 valence electrons. The molecular formula is C18H17F3N4O3. The fourth-order valence-electron chi connectivity index (χ4n) is 2.78. The number of amides is 2. The van der Waals surface area contributed by atoms with Gasteiger partial charge in [-0.05, 0) is 18.1 Å². The zero-order chi connectivity index (χ0) is 20.6.